The lowest BCUT2D eigenvalue weighted by Crippen LogP contribution is -2.53. The third kappa shape index (κ3) is 5.55. The molecule has 0 radical (unpaired) electrons. The molecule has 0 spiro atoms. The molecule has 0 saturated carbocycles. The molecule has 2 aliphatic heterocycles. The minimum Gasteiger partial charge on any atom is -0.322 e. The van der Waals surface area contributed by atoms with Gasteiger partial charge in [-0.1, -0.05) is 72.8 Å². The molecule has 7 rings (SSSR count). The van der Waals surface area contributed by atoms with Crippen molar-refractivity contribution in [2.24, 2.45) is 9.98 Å². The Balaban J connectivity index is 1.37. The van der Waals surface area contributed by atoms with Gasteiger partial charge in [0.2, 0.25) is 0 Å². The van der Waals surface area contributed by atoms with Crippen LogP contribution in [0.2, 0.25) is 0 Å². The molecule has 0 fully saturated rings. The van der Waals surface area contributed by atoms with Crippen molar-refractivity contribution in [2.45, 2.75) is 91.4 Å². The molecule has 0 aliphatic carbocycles. The fraction of sp³-hybridized carbons (Fsp3) is 0.304. The van der Waals surface area contributed by atoms with Crippen LogP contribution in [0.4, 0.5) is 11.4 Å². The summed E-state index contributed by atoms with van der Waals surface area (Å²) in [5.74, 6) is 2.10. The topological polar surface area (TPSA) is 31.2 Å². The molecular weight excluding hydrogens is 609 g/mol. The van der Waals surface area contributed by atoms with Crippen LogP contribution in [0.25, 0.3) is 44.5 Å². The summed E-state index contributed by atoms with van der Waals surface area (Å²) in [7, 11) is 0. The van der Waals surface area contributed by atoms with Crippen LogP contribution in [0.5, 0.6) is 0 Å². The number of rotatable bonds is 6. The molecule has 4 nitrogen and oxygen atoms in total. The van der Waals surface area contributed by atoms with E-state index in [0.717, 1.165) is 23.0 Å². The number of aliphatic imine (C=N–C) groups is 2. The van der Waals surface area contributed by atoms with Crippen LogP contribution >= 0.6 is 0 Å². The summed E-state index contributed by atoms with van der Waals surface area (Å²) < 4.78 is 0. The monoisotopic (exact) mass is 658 g/mol. The van der Waals surface area contributed by atoms with Gasteiger partial charge in [-0.3, -0.25) is 9.98 Å². The minimum atomic E-state index is -0.197. The SMILES string of the molecule is CC1=NC(C)(C)C(C)(C)N1c1cccc(-c2cc(-c3cccc(-c4ccccc4)c3)cc(-c3cccc(N4C(C)=NC(C)(C)C4(C)C)c3)c2)c1. The summed E-state index contributed by atoms with van der Waals surface area (Å²) in [5.41, 5.74) is 11.1. The molecule has 2 aliphatic rings. The molecule has 50 heavy (non-hydrogen) atoms. The molecule has 254 valence electrons. The number of nitrogens with zero attached hydrogens (tertiary/aromatic N) is 4. The molecule has 0 unspecified atom stereocenters. The standard InChI is InChI=1S/C46H50N4/c1-31-47-43(3,4)45(7,8)49(31)41-23-15-21-36(29-41)39-26-38(35-20-14-19-34(25-35)33-17-12-11-13-18-33)27-40(28-39)37-22-16-24-42(30-37)50-32(2)48-44(5,6)46(50,9)10/h11-30H,1-10H3. The van der Waals surface area contributed by atoms with E-state index in [9.17, 15) is 0 Å². The van der Waals surface area contributed by atoms with E-state index in [1.807, 2.05) is 0 Å². The molecule has 0 bridgehead atoms. The predicted molar refractivity (Wildman–Crippen MR) is 216 cm³/mol. The van der Waals surface area contributed by atoms with E-state index in [2.05, 4.69) is 200 Å². The third-order valence-electron chi connectivity index (χ3n) is 11.8. The summed E-state index contributed by atoms with van der Waals surface area (Å²) in [6.07, 6.45) is 0. The highest BCUT2D eigenvalue weighted by Crippen LogP contribution is 2.44. The van der Waals surface area contributed by atoms with Gasteiger partial charge in [0, 0.05) is 11.4 Å². The lowest BCUT2D eigenvalue weighted by atomic mass is 9.82. The Morgan fingerprint density at radius 2 is 0.680 bits per heavy atom. The lowest BCUT2D eigenvalue weighted by molar-refractivity contribution is 0.338. The summed E-state index contributed by atoms with van der Waals surface area (Å²) in [6, 6.07) is 44.5. The molecular formula is C46H50N4. The molecule has 0 amide bonds. The largest absolute Gasteiger partial charge is 0.322 e. The van der Waals surface area contributed by atoms with Crippen LogP contribution in [0, 0.1) is 0 Å². The van der Waals surface area contributed by atoms with E-state index in [1.165, 1.54) is 44.5 Å². The number of amidine groups is 2. The van der Waals surface area contributed by atoms with Gasteiger partial charge in [0.05, 0.1) is 22.2 Å². The van der Waals surface area contributed by atoms with Gasteiger partial charge in [-0.05, 0) is 162 Å². The first-order valence-corrected chi connectivity index (χ1v) is 17.8. The predicted octanol–water partition coefficient (Wildman–Crippen LogP) is 11.9. The maximum absolute atomic E-state index is 5.07. The van der Waals surface area contributed by atoms with Crippen LogP contribution in [0.15, 0.2) is 131 Å². The van der Waals surface area contributed by atoms with E-state index in [1.54, 1.807) is 0 Å². The molecule has 0 atom stereocenters. The van der Waals surface area contributed by atoms with Gasteiger partial charge in [-0.25, -0.2) is 0 Å². The van der Waals surface area contributed by atoms with E-state index >= 15 is 0 Å². The zero-order valence-electron chi connectivity index (χ0n) is 31.3. The van der Waals surface area contributed by atoms with E-state index in [0.29, 0.717) is 0 Å². The Morgan fingerprint density at radius 1 is 0.360 bits per heavy atom. The summed E-state index contributed by atoms with van der Waals surface area (Å²) in [6.45, 7) is 22.3. The van der Waals surface area contributed by atoms with Crippen molar-refractivity contribution in [2.75, 3.05) is 9.80 Å². The Hall–Kier alpha value is -4.96. The van der Waals surface area contributed by atoms with Crippen LogP contribution < -0.4 is 9.80 Å². The third-order valence-corrected chi connectivity index (χ3v) is 11.8. The molecule has 2 heterocycles. The van der Waals surface area contributed by atoms with Crippen LogP contribution in [-0.2, 0) is 0 Å². The molecule has 5 aromatic rings. The van der Waals surface area contributed by atoms with Crippen molar-refractivity contribution in [3.63, 3.8) is 0 Å². The van der Waals surface area contributed by atoms with Crippen molar-refractivity contribution in [3.05, 3.63) is 121 Å². The van der Waals surface area contributed by atoms with Gasteiger partial charge in [-0.2, -0.15) is 0 Å². The number of hydrogen-bond acceptors (Lipinski definition) is 4. The van der Waals surface area contributed by atoms with Crippen LogP contribution in [0.3, 0.4) is 0 Å². The maximum Gasteiger partial charge on any atom is 0.102 e. The first-order valence-electron chi connectivity index (χ1n) is 17.8. The summed E-state index contributed by atoms with van der Waals surface area (Å²) in [4.78, 5) is 14.9. The average Bonchev–Trinajstić information content (AvgIpc) is 3.36. The highest BCUT2D eigenvalue weighted by molar-refractivity contribution is 6.02. The molecule has 4 heteroatoms. The van der Waals surface area contributed by atoms with Gasteiger partial charge >= 0.3 is 0 Å². The maximum atomic E-state index is 5.07. The van der Waals surface area contributed by atoms with Crippen molar-refractivity contribution < 1.29 is 0 Å². The number of hydrogen-bond donors (Lipinski definition) is 0. The average molecular weight is 659 g/mol. The van der Waals surface area contributed by atoms with E-state index < -0.39 is 0 Å². The first kappa shape index (κ1) is 33.5. The van der Waals surface area contributed by atoms with Crippen molar-refractivity contribution in [1.82, 2.24) is 0 Å². The second kappa shape index (κ2) is 11.8. The Morgan fingerprint density at radius 3 is 1.06 bits per heavy atom. The summed E-state index contributed by atoms with van der Waals surface area (Å²) >= 11 is 0. The van der Waals surface area contributed by atoms with Gasteiger partial charge in [-0.15, -0.1) is 0 Å². The van der Waals surface area contributed by atoms with E-state index in [-0.39, 0.29) is 22.2 Å². The smallest absolute Gasteiger partial charge is 0.102 e. The van der Waals surface area contributed by atoms with Crippen molar-refractivity contribution in [1.29, 1.82) is 0 Å². The second-order valence-corrected chi connectivity index (χ2v) is 16.1. The normalized spacial score (nSPS) is 18.6. The van der Waals surface area contributed by atoms with Gasteiger partial charge in [0.15, 0.2) is 0 Å². The van der Waals surface area contributed by atoms with Gasteiger partial charge in [0.1, 0.15) is 11.7 Å². The molecule has 0 saturated heterocycles. The lowest BCUT2D eigenvalue weighted by Gasteiger charge is -2.41. The van der Waals surface area contributed by atoms with Crippen LogP contribution in [0.1, 0.15) is 69.2 Å². The van der Waals surface area contributed by atoms with Crippen molar-refractivity contribution in [3.8, 4) is 44.5 Å². The quantitative estimate of drug-likeness (QED) is 0.182. The Bertz CT molecular complexity index is 2040. The number of anilines is 2. The zero-order valence-corrected chi connectivity index (χ0v) is 31.3. The molecule has 5 aromatic carbocycles. The molecule has 0 aromatic heterocycles. The fourth-order valence-electron chi connectivity index (χ4n) is 7.84. The Kier molecular flexibility index (Phi) is 7.93. The van der Waals surface area contributed by atoms with E-state index in [4.69, 9.17) is 9.98 Å². The van der Waals surface area contributed by atoms with Gasteiger partial charge in [0.25, 0.3) is 0 Å². The van der Waals surface area contributed by atoms with Crippen molar-refractivity contribution >= 4 is 23.0 Å². The number of benzene rings is 5. The summed E-state index contributed by atoms with van der Waals surface area (Å²) in [5, 5.41) is 0. The fourth-order valence-corrected chi connectivity index (χ4v) is 7.84. The van der Waals surface area contributed by atoms with Gasteiger partial charge < -0.3 is 9.80 Å². The highest BCUT2D eigenvalue weighted by atomic mass is 15.3. The molecule has 0 N–H and O–H groups in total. The Labute approximate surface area is 299 Å². The zero-order chi connectivity index (χ0) is 35.6. The minimum absolute atomic E-state index is 0.166. The van der Waals surface area contributed by atoms with Crippen LogP contribution in [-0.4, -0.2) is 33.8 Å². The highest BCUT2D eigenvalue weighted by Gasteiger charge is 2.49. The second-order valence-electron chi connectivity index (χ2n) is 16.1. The first-order chi connectivity index (χ1) is 23.6.